The van der Waals surface area contributed by atoms with E-state index < -0.39 is 5.97 Å². The molecule has 0 aliphatic carbocycles. The minimum absolute atomic E-state index is 0.0201. The summed E-state index contributed by atoms with van der Waals surface area (Å²) in [6.07, 6.45) is -0.109. The first kappa shape index (κ1) is 22.2. The lowest BCUT2D eigenvalue weighted by Crippen LogP contribution is -2.11. The van der Waals surface area contributed by atoms with Gasteiger partial charge in [0.1, 0.15) is 24.0 Å². The molecule has 0 aliphatic heterocycles. The zero-order chi connectivity index (χ0) is 22.4. The Balaban J connectivity index is 1.67. The summed E-state index contributed by atoms with van der Waals surface area (Å²) < 4.78 is 12.9. The van der Waals surface area contributed by atoms with Crippen molar-refractivity contribution in [3.05, 3.63) is 75.5 Å². The van der Waals surface area contributed by atoms with Crippen LogP contribution in [0.3, 0.4) is 0 Å². The van der Waals surface area contributed by atoms with E-state index in [1.54, 1.807) is 29.8 Å². The van der Waals surface area contributed by atoms with Crippen LogP contribution in [-0.4, -0.2) is 28.6 Å². The Morgan fingerprint density at radius 2 is 1.90 bits per heavy atom. The quantitative estimate of drug-likeness (QED) is 0.346. The van der Waals surface area contributed by atoms with Crippen LogP contribution in [0.1, 0.15) is 40.2 Å². The van der Waals surface area contributed by atoms with E-state index in [1.165, 1.54) is 7.11 Å². The number of benzene rings is 2. The normalized spacial score (nSPS) is 10.4. The molecule has 0 atom stereocenters. The Kier molecular flexibility index (Phi) is 7.21. The number of nitrogens with zero attached hydrogens (tertiary/aromatic N) is 3. The van der Waals surface area contributed by atoms with Crippen LogP contribution in [0.2, 0.25) is 0 Å². The number of esters is 1. The van der Waals surface area contributed by atoms with Crippen molar-refractivity contribution in [1.29, 1.82) is 5.26 Å². The number of aromatic nitrogens is 2. The third-order valence-corrected chi connectivity index (χ3v) is 5.15. The van der Waals surface area contributed by atoms with E-state index in [-0.39, 0.29) is 25.2 Å². The molecule has 0 bridgehead atoms. The van der Waals surface area contributed by atoms with Gasteiger partial charge in [0.2, 0.25) is 0 Å². The van der Waals surface area contributed by atoms with Crippen molar-refractivity contribution in [2.75, 3.05) is 7.11 Å². The number of rotatable bonds is 8. The molecular formula is C23H20BrN3O4. The standard InChI is InChI=1S/C23H20BrN3O4/c1-15-19(13-25)20(27(26-15)17-6-4-3-5-7-17)14-31-23(29)11-9-21(28)18-12-16(24)8-10-22(18)30-2/h3-8,10,12H,9,11,14H2,1-2H3. The lowest BCUT2D eigenvalue weighted by atomic mass is 10.1. The molecule has 3 aromatic rings. The molecule has 0 spiro atoms. The molecule has 0 unspecified atom stereocenters. The number of hydrogen-bond donors (Lipinski definition) is 0. The van der Waals surface area contributed by atoms with E-state index in [2.05, 4.69) is 27.1 Å². The van der Waals surface area contributed by atoms with Crippen LogP contribution in [0, 0.1) is 18.3 Å². The summed E-state index contributed by atoms with van der Waals surface area (Å²) in [6.45, 7) is 1.61. The van der Waals surface area contributed by atoms with Crippen LogP contribution >= 0.6 is 15.9 Å². The molecule has 1 heterocycles. The molecule has 2 aromatic carbocycles. The summed E-state index contributed by atoms with van der Waals surface area (Å²) >= 11 is 3.33. The van der Waals surface area contributed by atoms with Crippen molar-refractivity contribution < 1.29 is 19.1 Å². The maximum Gasteiger partial charge on any atom is 0.306 e. The van der Waals surface area contributed by atoms with E-state index in [0.29, 0.717) is 28.3 Å². The molecular weight excluding hydrogens is 462 g/mol. The van der Waals surface area contributed by atoms with Gasteiger partial charge in [-0.15, -0.1) is 0 Å². The zero-order valence-corrected chi connectivity index (χ0v) is 18.7. The number of ether oxygens (including phenoxy) is 2. The Morgan fingerprint density at radius 1 is 1.16 bits per heavy atom. The summed E-state index contributed by atoms with van der Waals surface area (Å²) in [6, 6.07) is 16.5. The van der Waals surface area contributed by atoms with Crippen molar-refractivity contribution in [3.63, 3.8) is 0 Å². The van der Waals surface area contributed by atoms with Gasteiger partial charge in [-0.2, -0.15) is 10.4 Å². The first-order valence-electron chi connectivity index (χ1n) is 9.51. The van der Waals surface area contributed by atoms with Gasteiger partial charge in [-0.1, -0.05) is 34.1 Å². The van der Waals surface area contributed by atoms with Crippen LogP contribution < -0.4 is 4.74 Å². The average Bonchev–Trinajstić information content (AvgIpc) is 3.11. The number of aryl methyl sites for hydroxylation is 1. The van der Waals surface area contributed by atoms with Crippen molar-refractivity contribution in [3.8, 4) is 17.5 Å². The van der Waals surface area contributed by atoms with Gasteiger partial charge in [0.15, 0.2) is 5.78 Å². The van der Waals surface area contributed by atoms with E-state index in [1.807, 2.05) is 30.3 Å². The maximum atomic E-state index is 12.5. The highest BCUT2D eigenvalue weighted by molar-refractivity contribution is 9.10. The predicted molar refractivity (Wildman–Crippen MR) is 117 cm³/mol. The van der Waals surface area contributed by atoms with Gasteiger partial charge in [0.25, 0.3) is 0 Å². The van der Waals surface area contributed by atoms with Crippen molar-refractivity contribution in [2.45, 2.75) is 26.4 Å². The monoisotopic (exact) mass is 481 g/mol. The minimum Gasteiger partial charge on any atom is -0.496 e. The van der Waals surface area contributed by atoms with Gasteiger partial charge in [-0.3, -0.25) is 9.59 Å². The number of para-hydroxylation sites is 1. The number of halogens is 1. The fraction of sp³-hybridized carbons (Fsp3) is 0.217. The molecule has 0 N–H and O–H groups in total. The smallest absolute Gasteiger partial charge is 0.306 e. The van der Waals surface area contributed by atoms with Crippen molar-refractivity contribution in [1.82, 2.24) is 9.78 Å². The third-order valence-electron chi connectivity index (χ3n) is 4.66. The van der Waals surface area contributed by atoms with E-state index in [0.717, 1.165) is 10.2 Å². The fourth-order valence-corrected chi connectivity index (χ4v) is 3.47. The molecule has 3 rings (SSSR count). The molecule has 7 nitrogen and oxygen atoms in total. The first-order chi connectivity index (χ1) is 14.9. The molecule has 0 amide bonds. The lowest BCUT2D eigenvalue weighted by molar-refractivity contribution is -0.145. The van der Waals surface area contributed by atoms with Crippen LogP contribution in [0.4, 0.5) is 0 Å². The molecule has 0 aliphatic rings. The Morgan fingerprint density at radius 3 is 2.58 bits per heavy atom. The number of hydrogen-bond acceptors (Lipinski definition) is 6. The third kappa shape index (κ3) is 5.19. The minimum atomic E-state index is -0.537. The Bertz CT molecular complexity index is 1150. The Labute approximate surface area is 188 Å². The zero-order valence-electron chi connectivity index (χ0n) is 17.1. The van der Waals surface area contributed by atoms with Gasteiger partial charge in [0.05, 0.1) is 36.2 Å². The highest BCUT2D eigenvalue weighted by Crippen LogP contribution is 2.25. The van der Waals surface area contributed by atoms with Gasteiger partial charge >= 0.3 is 5.97 Å². The molecule has 0 fully saturated rings. The van der Waals surface area contributed by atoms with Crippen molar-refractivity contribution in [2.24, 2.45) is 0 Å². The van der Waals surface area contributed by atoms with Crippen LogP contribution in [-0.2, 0) is 16.1 Å². The average molecular weight is 482 g/mol. The van der Waals surface area contributed by atoms with Crippen molar-refractivity contribution >= 4 is 27.7 Å². The van der Waals surface area contributed by atoms with E-state index >= 15 is 0 Å². The lowest BCUT2D eigenvalue weighted by Gasteiger charge is -2.10. The van der Waals surface area contributed by atoms with Gasteiger partial charge in [-0.25, -0.2) is 4.68 Å². The molecule has 1 aromatic heterocycles. The van der Waals surface area contributed by atoms with E-state index in [9.17, 15) is 14.9 Å². The second kappa shape index (κ2) is 10.0. The second-order valence-corrected chi connectivity index (χ2v) is 7.61. The number of methoxy groups -OCH3 is 1. The molecule has 0 saturated carbocycles. The summed E-state index contributed by atoms with van der Waals surface area (Å²) in [5, 5.41) is 13.9. The first-order valence-corrected chi connectivity index (χ1v) is 10.3. The largest absolute Gasteiger partial charge is 0.496 e. The second-order valence-electron chi connectivity index (χ2n) is 6.69. The highest BCUT2D eigenvalue weighted by atomic mass is 79.9. The predicted octanol–water partition coefficient (Wildman–Crippen LogP) is 4.53. The fourth-order valence-electron chi connectivity index (χ4n) is 3.11. The molecule has 0 radical (unpaired) electrons. The molecule has 0 saturated heterocycles. The van der Waals surface area contributed by atoms with Gasteiger partial charge in [0, 0.05) is 10.9 Å². The van der Waals surface area contributed by atoms with Crippen LogP contribution in [0.15, 0.2) is 53.0 Å². The number of ketones is 1. The summed E-state index contributed by atoms with van der Waals surface area (Å²) in [7, 11) is 1.49. The highest BCUT2D eigenvalue weighted by Gasteiger charge is 2.19. The van der Waals surface area contributed by atoms with Crippen LogP contribution in [0.5, 0.6) is 5.75 Å². The molecule has 8 heteroatoms. The number of nitriles is 1. The number of carbonyl (C=O) groups excluding carboxylic acids is 2. The number of carbonyl (C=O) groups is 2. The SMILES string of the molecule is COc1ccc(Br)cc1C(=O)CCC(=O)OCc1c(C#N)c(C)nn1-c1ccccc1. The van der Waals surface area contributed by atoms with Gasteiger partial charge < -0.3 is 9.47 Å². The van der Waals surface area contributed by atoms with Gasteiger partial charge in [-0.05, 0) is 37.3 Å². The molecule has 158 valence electrons. The molecule has 31 heavy (non-hydrogen) atoms. The Hall–Kier alpha value is -3.44. The topological polar surface area (TPSA) is 94.2 Å². The van der Waals surface area contributed by atoms with E-state index in [4.69, 9.17) is 9.47 Å². The number of Topliss-reactive ketones (excluding diaryl/α,β-unsaturated/α-hetero) is 1. The summed E-state index contributed by atoms with van der Waals surface area (Å²) in [4.78, 5) is 24.8. The maximum absolute atomic E-state index is 12.5. The van der Waals surface area contributed by atoms with Crippen LogP contribution in [0.25, 0.3) is 5.69 Å². The summed E-state index contributed by atoms with van der Waals surface area (Å²) in [5.41, 5.74) is 2.56. The summed E-state index contributed by atoms with van der Waals surface area (Å²) in [5.74, 6) is -0.315.